The first-order chi connectivity index (χ1) is 9.43. The molecule has 0 aliphatic carbocycles. The molecular weight excluding hydrogens is 264 g/mol. The predicted octanol–water partition coefficient (Wildman–Crippen LogP) is 2.56. The third kappa shape index (κ3) is 4.74. The van der Waals surface area contributed by atoms with E-state index < -0.39 is 0 Å². The molecule has 4 N–H and O–H groups in total. The van der Waals surface area contributed by atoms with Crippen LogP contribution in [0.1, 0.15) is 58.2 Å². The summed E-state index contributed by atoms with van der Waals surface area (Å²) in [5, 5.41) is 13.6. The summed E-state index contributed by atoms with van der Waals surface area (Å²) in [7, 11) is 0. The average molecular weight is 292 g/mol. The van der Waals surface area contributed by atoms with Crippen molar-refractivity contribution in [2.24, 2.45) is 5.73 Å². The zero-order chi connectivity index (χ0) is 16.4. The van der Waals surface area contributed by atoms with Gasteiger partial charge in [-0.3, -0.25) is 4.79 Å². The standard InChI is InChI=1S/C17H28N2O2/c1-16(2,3)12-7-11(9-19-10-14(18)20)8-13(15(12)21)17(4,5)6/h7-8,19,21H,9-10H2,1-6H3,(H2,18,20). The maximum absolute atomic E-state index is 10.8. The number of nitrogens with two attached hydrogens (primary N) is 1. The fourth-order valence-corrected chi connectivity index (χ4v) is 2.27. The molecule has 1 rings (SSSR count). The van der Waals surface area contributed by atoms with E-state index in [0.717, 1.165) is 16.7 Å². The van der Waals surface area contributed by atoms with Gasteiger partial charge in [-0.15, -0.1) is 0 Å². The Labute approximate surface area is 127 Å². The second-order valence-corrected chi connectivity index (χ2v) is 7.61. The molecular formula is C17H28N2O2. The van der Waals surface area contributed by atoms with Crippen LogP contribution in [0.2, 0.25) is 0 Å². The second kappa shape index (κ2) is 6.06. The molecule has 0 saturated heterocycles. The molecule has 0 aliphatic heterocycles. The van der Waals surface area contributed by atoms with Gasteiger partial charge in [0.2, 0.25) is 5.91 Å². The van der Waals surface area contributed by atoms with Crippen LogP contribution < -0.4 is 11.1 Å². The number of nitrogens with one attached hydrogen (secondary N) is 1. The zero-order valence-corrected chi connectivity index (χ0v) is 14.0. The monoisotopic (exact) mass is 292 g/mol. The van der Waals surface area contributed by atoms with E-state index in [4.69, 9.17) is 5.73 Å². The molecule has 0 radical (unpaired) electrons. The predicted molar refractivity (Wildman–Crippen MR) is 86.4 cm³/mol. The van der Waals surface area contributed by atoms with Gasteiger partial charge in [0.15, 0.2) is 0 Å². The van der Waals surface area contributed by atoms with Crippen molar-refractivity contribution in [2.75, 3.05) is 6.54 Å². The number of phenolic OH excluding ortho intramolecular Hbond substituents is 1. The van der Waals surface area contributed by atoms with Crippen molar-refractivity contribution < 1.29 is 9.90 Å². The molecule has 0 aromatic heterocycles. The van der Waals surface area contributed by atoms with Crippen molar-refractivity contribution in [2.45, 2.75) is 58.9 Å². The number of benzene rings is 1. The van der Waals surface area contributed by atoms with E-state index in [0.29, 0.717) is 12.3 Å². The molecule has 0 heterocycles. The molecule has 1 aromatic rings. The van der Waals surface area contributed by atoms with E-state index in [1.807, 2.05) is 12.1 Å². The third-order valence-electron chi connectivity index (χ3n) is 3.41. The lowest BCUT2D eigenvalue weighted by Gasteiger charge is -2.28. The highest BCUT2D eigenvalue weighted by Crippen LogP contribution is 2.39. The second-order valence-electron chi connectivity index (χ2n) is 7.61. The van der Waals surface area contributed by atoms with Crippen LogP contribution in [-0.2, 0) is 22.2 Å². The molecule has 4 heteroatoms. The Balaban J connectivity index is 3.24. The Morgan fingerprint density at radius 2 is 1.52 bits per heavy atom. The average Bonchev–Trinajstić information content (AvgIpc) is 2.27. The quantitative estimate of drug-likeness (QED) is 0.798. The summed E-state index contributed by atoms with van der Waals surface area (Å²) < 4.78 is 0. The Bertz CT molecular complexity index is 488. The van der Waals surface area contributed by atoms with Gasteiger partial charge < -0.3 is 16.2 Å². The minimum atomic E-state index is -0.374. The lowest BCUT2D eigenvalue weighted by molar-refractivity contribution is -0.117. The van der Waals surface area contributed by atoms with Gasteiger partial charge in [-0.1, -0.05) is 53.7 Å². The van der Waals surface area contributed by atoms with E-state index in [1.165, 1.54) is 0 Å². The summed E-state index contributed by atoms with van der Waals surface area (Å²) in [6.45, 7) is 13.2. The van der Waals surface area contributed by atoms with Gasteiger partial charge in [0.1, 0.15) is 5.75 Å². The number of amides is 1. The van der Waals surface area contributed by atoms with Gasteiger partial charge in [0.05, 0.1) is 6.54 Å². The number of hydrogen-bond donors (Lipinski definition) is 3. The molecule has 1 amide bonds. The zero-order valence-electron chi connectivity index (χ0n) is 14.0. The summed E-state index contributed by atoms with van der Waals surface area (Å²) >= 11 is 0. The van der Waals surface area contributed by atoms with Crippen molar-refractivity contribution in [3.8, 4) is 5.75 Å². The highest BCUT2D eigenvalue weighted by atomic mass is 16.3. The van der Waals surface area contributed by atoms with Crippen LogP contribution in [0, 0.1) is 0 Å². The van der Waals surface area contributed by atoms with E-state index >= 15 is 0 Å². The molecule has 0 spiro atoms. The molecule has 0 fully saturated rings. The molecule has 0 unspecified atom stereocenters. The first kappa shape index (κ1) is 17.5. The van der Waals surface area contributed by atoms with Gasteiger partial charge in [-0.05, 0) is 27.5 Å². The summed E-state index contributed by atoms with van der Waals surface area (Å²) in [4.78, 5) is 10.8. The fourth-order valence-electron chi connectivity index (χ4n) is 2.27. The number of carbonyl (C=O) groups is 1. The first-order valence-electron chi connectivity index (χ1n) is 7.29. The SMILES string of the molecule is CC(C)(C)c1cc(CNCC(N)=O)cc(C(C)(C)C)c1O. The lowest BCUT2D eigenvalue weighted by Crippen LogP contribution is -2.28. The number of aromatic hydroxyl groups is 1. The number of hydrogen-bond acceptors (Lipinski definition) is 3. The van der Waals surface area contributed by atoms with Crippen molar-refractivity contribution in [1.29, 1.82) is 0 Å². The fraction of sp³-hybridized carbons (Fsp3) is 0.588. The molecule has 118 valence electrons. The maximum atomic E-state index is 10.8. The van der Waals surface area contributed by atoms with E-state index in [-0.39, 0.29) is 23.3 Å². The van der Waals surface area contributed by atoms with E-state index in [2.05, 4.69) is 46.9 Å². The van der Waals surface area contributed by atoms with Crippen LogP contribution in [-0.4, -0.2) is 17.6 Å². The van der Waals surface area contributed by atoms with Gasteiger partial charge in [-0.25, -0.2) is 0 Å². The first-order valence-corrected chi connectivity index (χ1v) is 7.29. The third-order valence-corrected chi connectivity index (χ3v) is 3.41. The molecule has 1 aromatic carbocycles. The number of carbonyl (C=O) groups excluding carboxylic acids is 1. The summed E-state index contributed by atoms with van der Waals surface area (Å²) in [5.41, 5.74) is 7.73. The van der Waals surface area contributed by atoms with Crippen molar-refractivity contribution >= 4 is 5.91 Å². The van der Waals surface area contributed by atoms with E-state index in [1.54, 1.807) is 0 Å². The van der Waals surface area contributed by atoms with Crippen LogP contribution in [0.25, 0.3) is 0 Å². The molecule has 4 nitrogen and oxygen atoms in total. The summed E-state index contributed by atoms with van der Waals surface area (Å²) in [5.74, 6) is -0.00507. The van der Waals surface area contributed by atoms with Crippen LogP contribution in [0.3, 0.4) is 0 Å². The summed E-state index contributed by atoms with van der Waals surface area (Å²) in [6, 6.07) is 4.00. The minimum absolute atomic E-state index is 0.149. The molecule has 0 aliphatic rings. The highest BCUT2D eigenvalue weighted by Gasteiger charge is 2.26. The Hall–Kier alpha value is -1.55. The van der Waals surface area contributed by atoms with Crippen LogP contribution >= 0.6 is 0 Å². The Kier molecular flexibility index (Phi) is 5.05. The van der Waals surface area contributed by atoms with E-state index in [9.17, 15) is 9.90 Å². The van der Waals surface area contributed by atoms with Gasteiger partial charge in [0.25, 0.3) is 0 Å². The molecule has 0 bridgehead atoms. The van der Waals surface area contributed by atoms with Crippen molar-refractivity contribution in [3.05, 3.63) is 28.8 Å². The number of rotatable bonds is 4. The van der Waals surface area contributed by atoms with Gasteiger partial charge in [0, 0.05) is 6.54 Å². The lowest BCUT2D eigenvalue weighted by atomic mass is 9.78. The highest BCUT2D eigenvalue weighted by molar-refractivity contribution is 5.75. The molecule has 0 saturated carbocycles. The maximum Gasteiger partial charge on any atom is 0.231 e. The van der Waals surface area contributed by atoms with Crippen LogP contribution in [0.15, 0.2) is 12.1 Å². The minimum Gasteiger partial charge on any atom is -0.507 e. The topological polar surface area (TPSA) is 75.3 Å². The smallest absolute Gasteiger partial charge is 0.231 e. The summed E-state index contributed by atoms with van der Waals surface area (Å²) in [6.07, 6.45) is 0. The van der Waals surface area contributed by atoms with Crippen molar-refractivity contribution in [1.82, 2.24) is 5.32 Å². The Morgan fingerprint density at radius 3 is 1.86 bits per heavy atom. The van der Waals surface area contributed by atoms with Crippen LogP contribution in [0.4, 0.5) is 0 Å². The largest absolute Gasteiger partial charge is 0.507 e. The van der Waals surface area contributed by atoms with Gasteiger partial charge >= 0.3 is 0 Å². The number of phenols is 1. The molecule has 0 atom stereocenters. The number of primary amides is 1. The Morgan fingerprint density at radius 1 is 1.10 bits per heavy atom. The van der Waals surface area contributed by atoms with Crippen LogP contribution in [0.5, 0.6) is 5.75 Å². The van der Waals surface area contributed by atoms with Gasteiger partial charge in [-0.2, -0.15) is 0 Å². The van der Waals surface area contributed by atoms with Crippen molar-refractivity contribution in [3.63, 3.8) is 0 Å². The normalized spacial score (nSPS) is 12.5. The molecule has 21 heavy (non-hydrogen) atoms.